The Labute approximate surface area is 115 Å². The second-order valence-corrected chi connectivity index (χ2v) is 6.69. The topological polar surface area (TPSA) is 29.5 Å². The number of rotatable bonds is 2. The molecule has 2 aliphatic rings. The third kappa shape index (κ3) is 2.84. The Morgan fingerprint density at radius 3 is 2.84 bits per heavy atom. The molecule has 3 rings (SSSR count). The van der Waals surface area contributed by atoms with Crippen LogP contribution in [0.15, 0.2) is 35.9 Å². The maximum atomic E-state index is 9.95. The molecule has 19 heavy (non-hydrogen) atoms. The fourth-order valence-corrected chi connectivity index (χ4v) is 3.44. The minimum Gasteiger partial charge on any atom is -0.489 e. The number of aliphatic hydroxyl groups excluding tert-OH is 1. The van der Waals surface area contributed by atoms with E-state index in [1.165, 1.54) is 11.1 Å². The van der Waals surface area contributed by atoms with E-state index in [-0.39, 0.29) is 17.6 Å². The fraction of sp³-hybridized carbons (Fsp3) is 0.529. The average molecular weight is 258 g/mol. The molecule has 1 heterocycles. The molecule has 0 saturated carbocycles. The zero-order valence-corrected chi connectivity index (χ0v) is 11.7. The summed E-state index contributed by atoms with van der Waals surface area (Å²) in [6.45, 7) is 4.46. The van der Waals surface area contributed by atoms with Gasteiger partial charge in [0, 0.05) is 12.8 Å². The molecule has 1 N–H and O–H groups in total. The van der Waals surface area contributed by atoms with E-state index in [9.17, 15) is 5.11 Å². The van der Waals surface area contributed by atoms with E-state index >= 15 is 0 Å². The molecular formula is C17H22O2. The maximum absolute atomic E-state index is 9.95. The van der Waals surface area contributed by atoms with Crippen molar-refractivity contribution in [2.24, 2.45) is 5.41 Å². The van der Waals surface area contributed by atoms with Gasteiger partial charge in [-0.1, -0.05) is 43.7 Å². The molecule has 1 aromatic carbocycles. The van der Waals surface area contributed by atoms with Crippen LogP contribution in [-0.4, -0.2) is 17.3 Å². The van der Waals surface area contributed by atoms with Crippen molar-refractivity contribution in [3.63, 3.8) is 0 Å². The van der Waals surface area contributed by atoms with Crippen molar-refractivity contribution in [1.29, 1.82) is 0 Å². The van der Waals surface area contributed by atoms with Gasteiger partial charge >= 0.3 is 0 Å². The van der Waals surface area contributed by atoms with Crippen molar-refractivity contribution in [3.8, 4) is 5.75 Å². The van der Waals surface area contributed by atoms with E-state index in [1.54, 1.807) is 0 Å². The molecule has 0 bridgehead atoms. The van der Waals surface area contributed by atoms with E-state index in [0.29, 0.717) is 0 Å². The van der Waals surface area contributed by atoms with Crippen LogP contribution in [-0.2, 0) is 6.42 Å². The zero-order chi connectivity index (χ0) is 13.5. The Hall–Kier alpha value is -1.28. The smallest absolute Gasteiger partial charge is 0.123 e. The van der Waals surface area contributed by atoms with Crippen LogP contribution in [0.3, 0.4) is 0 Å². The van der Waals surface area contributed by atoms with Crippen molar-refractivity contribution < 1.29 is 9.84 Å². The largest absolute Gasteiger partial charge is 0.489 e. The van der Waals surface area contributed by atoms with Gasteiger partial charge in [-0.15, -0.1) is 0 Å². The van der Waals surface area contributed by atoms with Gasteiger partial charge in [-0.05, 0) is 29.9 Å². The quantitative estimate of drug-likeness (QED) is 0.823. The minimum atomic E-state index is -0.289. The first-order valence-corrected chi connectivity index (χ1v) is 7.14. The van der Waals surface area contributed by atoms with Crippen LogP contribution in [0, 0.1) is 5.41 Å². The van der Waals surface area contributed by atoms with Gasteiger partial charge in [0.2, 0.25) is 0 Å². The first-order chi connectivity index (χ1) is 9.02. The normalized spacial score (nSPS) is 28.5. The molecule has 0 spiro atoms. The summed E-state index contributed by atoms with van der Waals surface area (Å²) in [5, 5.41) is 9.95. The molecule has 1 aliphatic carbocycles. The number of hydrogen-bond acceptors (Lipinski definition) is 2. The van der Waals surface area contributed by atoms with Crippen LogP contribution in [0.4, 0.5) is 0 Å². The molecule has 0 radical (unpaired) electrons. The van der Waals surface area contributed by atoms with Crippen molar-refractivity contribution in [2.75, 3.05) is 0 Å². The van der Waals surface area contributed by atoms with Crippen LogP contribution >= 0.6 is 0 Å². The molecule has 0 aromatic heterocycles. The first-order valence-electron chi connectivity index (χ1n) is 7.14. The number of para-hydroxylation sites is 1. The standard InChI is InChI=1S/C17H22O2/c1-17(2)10-12(7-14(18)11-17)8-15-9-13-5-3-4-6-16(13)19-15/h3-7,14-15,18H,8-11H2,1-2H3. The first kappa shape index (κ1) is 12.7. The third-order valence-corrected chi connectivity index (χ3v) is 4.10. The SMILES string of the molecule is CC1(C)CC(CC2Cc3ccccc3O2)=CC(O)C1. The number of fused-ring (bicyclic) bond motifs is 1. The number of benzene rings is 1. The van der Waals surface area contributed by atoms with Gasteiger partial charge in [0.25, 0.3) is 0 Å². The summed E-state index contributed by atoms with van der Waals surface area (Å²) >= 11 is 0. The lowest BCUT2D eigenvalue weighted by Gasteiger charge is -2.33. The molecule has 1 aromatic rings. The maximum Gasteiger partial charge on any atom is 0.123 e. The molecule has 102 valence electrons. The van der Waals surface area contributed by atoms with Crippen molar-refractivity contribution in [2.45, 2.75) is 51.7 Å². The summed E-state index contributed by atoms with van der Waals surface area (Å²) < 4.78 is 5.99. The van der Waals surface area contributed by atoms with E-state index in [0.717, 1.165) is 31.4 Å². The third-order valence-electron chi connectivity index (χ3n) is 4.10. The van der Waals surface area contributed by atoms with Gasteiger partial charge < -0.3 is 9.84 Å². The molecule has 2 nitrogen and oxygen atoms in total. The lowest BCUT2D eigenvalue weighted by molar-refractivity contribution is 0.133. The highest BCUT2D eigenvalue weighted by molar-refractivity contribution is 5.37. The summed E-state index contributed by atoms with van der Waals surface area (Å²) in [7, 11) is 0. The Morgan fingerprint density at radius 1 is 1.32 bits per heavy atom. The van der Waals surface area contributed by atoms with Gasteiger partial charge in [-0.3, -0.25) is 0 Å². The molecule has 2 unspecified atom stereocenters. The van der Waals surface area contributed by atoms with E-state index < -0.39 is 0 Å². The molecule has 1 aliphatic heterocycles. The molecule has 0 amide bonds. The van der Waals surface area contributed by atoms with E-state index in [2.05, 4.69) is 26.0 Å². The summed E-state index contributed by atoms with van der Waals surface area (Å²) in [6, 6.07) is 8.28. The van der Waals surface area contributed by atoms with Crippen LogP contribution in [0.25, 0.3) is 0 Å². The van der Waals surface area contributed by atoms with Gasteiger partial charge in [0.05, 0.1) is 6.10 Å². The summed E-state index contributed by atoms with van der Waals surface area (Å²) in [6.07, 6.45) is 5.85. The predicted molar refractivity (Wildman–Crippen MR) is 76.3 cm³/mol. The fourth-order valence-electron chi connectivity index (χ4n) is 3.44. The van der Waals surface area contributed by atoms with E-state index in [4.69, 9.17) is 4.74 Å². The Bertz CT molecular complexity index is 477. The second-order valence-electron chi connectivity index (χ2n) is 6.69. The summed E-state index contributed by atoms with van der Waals surface area (Å²) in [5.74, 6) is 1.03. The lowest BCUT2D eigenvalue weighted by atomic mass is 9.75. The van der Waals surface area contributed by atoms with Crippen molar-refractivity contribution in [1.82, 2.24) is 0 Å². The minimum absolute atomic E-state index is 0.203. The summed E-state index contributed by atoms with van der Waals surface area (Å²) in [4.78, 5) is 0. The van der Waals surface area contributed by atoms with Gasteiger partial charge in [0.15, 0.2) is 0 Å². The molecule has 2 atom stereocenters. The van der Waals surface area contributed by atoms with Crippen LogP contribution in [0.5, 0.6) is 5.75 Å². The molecule has 2 heteroatoms. The van der Waals surface area contributed by atoms with Crippen molar-refractivity contribution >= 4 is 0 Å². The average Bonchev–Trinajstić information content (AvgIpc) is 2.67. The zero-order valence-electron chi connectivity index (χ0n) is 11.7. The highest BCUT2D eigenvalue weighted by Gasteiger charge is 2.30. The van der Waals surface area contributed by atoms with Crippen LogP contribution in [0.2, 0.25) is 0 Å². The van der Waals surface area contributed by atoms with Crippen LogP contribution in [0.1, 0.15) is 38.7 Å². The highest BCUT2D eigenvalue weighted by atomic mass is 16.5. The predicted octanol–water partition coefficient (Wildman–Crippen LogP) is 3.49. The second kappa shape index (κ2) is 4.68. The summed E-state index contributed by atoms with van der Waals surface area (Å²) in [5.41, 5.74) is 2.86. The number of aliphatic hydroxyl groups is 1. The number of hydrogen-bond donors (Lipinski definition) is 1. The molecular weight excluding hydrogens is 236 g/mol. The van der Waals surface area contributed by atoms with Crippen LogP contribution < -0.4 is 4.74 Å². The number of ether oxygens (including phenoxy) is 1. The Morgan fingerprint density at radius 2 is 2.11 bits per heavy atom. The molecule has 0 fully saturated rings. The van der Waals surface area contributed by atoms with Gasteiger partial charge in [-0.25, -0.2) is 0 Å². The van der Waals surface area contributed by atoms with Gasteiger partial charge in [0.1, 0.15) is 11.9 Å². The highest BCUT2D eigenvalue weighted by Crippen LogP contribution is 2.39. The molecule has 0 saturated heterocycles. The Kier molecular flexibility index (Phi) is 3.14. The Balaban J connectivity index is 1.68. The van der Waals surface area contributed by atoms with Gasteiger partial charge in [-0.2, -0.15) is 0 Å². The van der Waals surface area contributed by atoms with Crippen molar-refractivity contribution in [3.05, 3.63) is 41.5 Å². The monoisotopic (exact) mass is 258 g/mol. The van der Waals surface area contributed by atoms with E-state index in [1.807, 2.05) is 18.2 Å². The lowest BCUT2D eigenvalue weighted by Crippen LogP contribution is -2.27.